The number of hydrogen-bond donors (Lipinski definition) is 3. The highest BCUT2D eigenvalue weighted by Crippen LogP contribution is 2.15. The van der Waals surface area contributed by atoms with Gasteiger partial charge in [-0.3, -0.25) is 4.79 Å². The maximum Gasteiger partial charge on any atom is 0.304 e. The molecule has 3 N–H and O–H groups in total. The summed E-state index contributed by atoms with van der Waals surface area (Å²) < 4.78 is 40.1. The summed E-state index contributed by atoms with van der Waals surface area (Å²) in [5.41, 5.74) is 0.746. The Bertz CT molecular complexity index is 783. The second-order valence-electron chi connectivity index (χ2n) is 4.28. The minimum absolute atomic E-state index is 0.0215. The molecule has 0 saturated heterocycles. The van der Waals surface area contributed by atoms with E-state index in [1.54, 1.807) is 12.4 Å². The van der Waals surface area contributed by atoms with Crippen LogP contribution in [0.3, 0.4) is 0 Å². The summed E-state index contributed by atoms with van der Waals surface area (Å²) in [4.78, 5) is 13.2. The average Bonchev–Trinajstić information content (AvgIpc) is 2.85. The van der Waals surface area contributed by atoms with Crippen molar-refractivity contribution in [1.82, 2.24) is 15.0 Å². The number of H-pyrrole nitrogens is 1. The predicted molar refractivity (Wildman–Crippen MR) is 78.1 cm³/mol. The molecule has 2 rings (SSSR count). The number of halogens is 1. The minimum Gasteiger partial charge on any atom is -0.316 e. The Balaban J connectivity index is 2.19. The molecule has 0 radical (unpaired) electrons. The lowest BCUT2D eigenvalue weighted by Crippen LogP contribution is -2.24. The topological polar surface area (TPSA) is 91.1 Å². The van der Waals surface area contributed by atoms with Crippen molar-refractivity contribution in [2.45, 2.75) is 18.0 Å². The van der Waals surface area contributed by atoms with Gasteiger partial charge in [0.15, 0.2) is 0 Å². The first kappa shape index (κ1) is 15.8. The van der Waals surface area contributed by atoms with Gasteiger partial charge in [-0.15, -0.1) is 0 Å². The van der Waals surface area contributed by atoms with Gasteiger partial charge in [0.25, 0.3) is 0 Å². The smallest absolute Gasteiger partial charge is 0.304 e. The van der Waals surface area contributed by atoms with Crippen LogP contribution in [0.4, 0.5) is 4.39 Å². The molecular formula is C12H14FN3O3S2. The maximum atomic E-state index is 13.5. The molecule has 21 heavy (non-hydrogen) atoms. The van der Waals surface area contributed by atoms with Crippen LogP contribution in [-0.2, 0) is 23.1 Å². The third-order valence-corrected chi connectivity index (χ3v) is 4.84. The largest absolute Gasteiger partial charge is 0.316 e. The quantitative estimate of drug-likeness (QED) is 0.729. The second-order valence-corrected chi connectivity index (χ2v) is 6.89. The van der Waals surface area contributed by atoms with Gasteiger partial charge in [-0.05, 0) is 25.2 Å². The number of hydrogen-bond acceptors (Lipinski definition) is 5. The molecule has 1 aromatic heterocycles. The van der Waals surface area contributed by atoms with Crippen LogP contribution >= 0.6 is 11.3 Å². The van der Waals surface area contributed by atoms with Gasteiger partial charge in [-0.1, -0.05) is 11.3 Å². The van der Waals surface area contributed by atoms with E-state index in [4.69, 9.17) is 0 Å². The average molecular weight is 331 g/mol. The molecule has 2 aromatic rings. The molecule has 0 amide bonds. The molecule has 0 atom stereocenters. The summed E-state index contributed by atoms with van der Waals surface area (Å²) in [5, 5.41) is 4.31. The van der Waals surface area contributed by atoms with Gasteiger partial charge in [-0.2, -0.15) is 0 Å². The highest BCUT2D eigenvalue weighted by molar-refractivity contribution is 7.89. The van der Waals surface area contributed by atoms with E-state index in [9.17, 15) is 17.6 Å². The molecule has 0 saturated carbocycles. The van der Waals surface area contributed by atoms with Gasteiger partial charge in [0.1, 0.15) is 5.82 Å². The number of thiazole rings is 1. The van der Waals surface area contributed by atoms with Crippen molar-refractivity contribution in [1.29, 1.82) is 0 Å². The Hall–Kier alpha value is -1.55. The van der Waals surface area contributed by atoms with Crippen molar-refractivity contribution in [3.63, 3.8) is 0 Å². The zero-order valence-electron chi connectivity index (χ0n) is 11.1. The van der Waals surface area contributed by atoms with Crippen molar-refractivity contribution in [3.8, 4) is 0 Å². The minimum atomic E-state index is -3.77. The molecule has 0 spiro atoms. The van der Waals surface area contributed by atoms with E-state index < -0.39 is 15.8 Å². The monoisotopic (exact) mass is 331 g/mol. The fourth-order valence-electron chi connectivity index (χ4n) is 1.70. The Kier molecular flexibility index (Phi) is 4.88. The van der Waals surface area contributed by atoms with Crippen molar-refractivity contribution in [2.24, 2.45) is 0 Å². The molecule has 1 aromatic carbocycles. The van der Waals surface area contributed by atoms with E-state index in [2.05, 4.69) is 15.0 Å². The lowest BCUT2D eigenvalue weighted by atomic mass is 10.2. The van der Waals surface area contributed by atoms with Crippen molar-refractivity contribution < 1.29 is 12.8 Å². The predicted octanol–water partition coefficient (Wildman–Crippen LogP) is 0.773. The van der Waals surface area contributed by atoms with Crippen molar-refractivity contribution in [2.75, 3.05) is 7.05 Å². The summed E-state index contributed by atoms with van der Waals surface area (Å²) in [6.45, 7) is 0.201. The Labute approximate surface area is 125 Å². The lowest BCUT2D eigenvalue weighted by Gasteiger charge is -2.08. The standard InChI is InChI=1S/C12H14FN3O3S2/c1-14-5-8-4-10(2-3-11(8)13)21(18,19)15-6-9-7-20-12(17)16-9/h2-4,7,14-15H,5-6H2,1H3,(H,16,17). The SMILES string of the molecule is CNCc1cc(S(=O)(=O)NCc2csc(=O)[nH]2)ccc1F. The van der Waals surface area contributed by atoms with E-state index in [1.807, 2.05) is 0 Å². The van der Waals surface area contributed by atoms with Crippen LogP contribution in [-0.4, -0.2) is 20.4 Å². The van der Waals surface area contributed by atoms with Gasteiger partial charge in [-0.25, -0.2) is 17.5 Å². The molecule has 0 bridgehead atoms. The number of benzene rings is 1. The second kappa shape index (κ2) is 6.48. The first-order chi connectivity index (χ1) is 9.92. The molecule has 6 nitrogen and oxygen atoms in total. The zero-order chi connectivity index (χ0) is 15.5. The number of nitrogens with one attached hydrogen (secondary N) is 3. The Morgan fingerprint density at radius 1 is 1.33 bits per heavy atom. The normalized spacial score (nSPS) is 11.7. The van der Waals surface area contributed by atoms with Crippen LogP contribution in [0.2, 0.25) is 0 Å². The number of aromatic amines is 1. The molecule has 0 unspecified atom stereocenters. The molecule has 1 heterocycles. The highest BCUT2D eigenvalue weighted by atomic mass is 32.2. The van der Waals surface area contributed by atoms with E-state index in [0.717, 1.165) is 17.4 Å². The van der Waals surface area contributed by atoms with Gasteiger partial charge >= 0.3 is 4.87 Å². The van der Waals surface area contributed by atoms with Crippen LogP contribution in [0.5, 0.6) is 0 Å². The molecule has 0 aliphatic carbocycles. The number of rotatable bonds is 6. The highest BCUT2D eigenvalue weighted by Gasteiger charge is 2.16. The fraction of sp³-hybridized carbons (Fsp3) is 0.250. The van der Waals surface area contributed by atoms with E-state index in [0.29, 0.717) is 5.69 Å². The van der Waals surface area contributed by atoms with Crippen LogP contribution in [0.25, 0.3) is 0 Å². The summed E-state index contributed by atoms with van der Waals surface area (Å²) in [6.07, 6.45) is 0. The van der Waals surface area contributed by atoms with Crippen LogP contribution in [0.1, 0.15) is 11.3 Å². The van der Waals surface area contributed by atoms with Gasteiger partial charge in [0.2, 0.25) is 10.0 Å². The zero-order valence-corrected chi connectivity index (χ0v) is 12.8. The molecule has 0 fully saturated rings. The number of sulfonamides is 1. The van der Waals surface area contributed by atoms with Crippen molar-refractivity contribution in [3.05, 3.63) is 50.3 Å². The summed E-state index contributed by atoms with van der Waals surface area (Å²) in [7, 11) is -2.12. The Morgan fingerprint density at radius 3 is 2.71 bits per heavy atom. The molecule has 0 aliphatic heterocycles. The summed E-state index contributed by atoms with van der Waals surface area (Å²) in [6, 6.07) is 3.60. The molecule has 9 heteroatoms. The summed E-state index contributed by atoms with van der Waals surface area (Å²) in [5.74, 6) is -0.467. The van der Waals surface area contributed by atoms with E-state index in [-0.39, 0.29) is 28.4 Å². The van der Waals surface area contributed by atoms with Crippen LogP contribution < -0.4 is 14.9 Å². The van der Waals surface area contributed by atoms with Gasteiger partial charge in [0.05, 0.1) is 11.4 Å². The van der Waals surface area contributed by atoms with Crippen molar-refractivity contribution >= 4 is 21.4 Å². The summed E-state index contributed by atoms with van der Waals surface area (Å²) >= 11 is 0.958. The first-order valence-corrected chi connectivity index (χ1v) is 8.38. The third kappa shape index (κ3) is 3.97. The van der Waals surface area contributed by atoms with Gasteiger partial charge < -0.3 is 10.3 Å². The third-order valence-electron chi connectivity index (χ3n) is 2.72. The first-order valence-electron chi connectivity index (χ1n) is 6.02. The molecular weight excluding hydrogens is 317 g/mol. The van der Waals surface area contributed by atoms with Gasteiger partial charge in [0, 0.05) is 23.2 Å². The Morgan fingerprint density at radius 2 is 2.10 bits per heavy atom. The number of aromatic nitrogens is 1. The maximum absolute atomic E-state index is 13.5. The fourth-order valence-corrected chi connectivity index (χ4v) is 3.34. The molecule has 0 aliphatic rings. The van der Waals surface area contributed by atoms with E-state index in [1.165, 1.54) is 12.1 Å². The van der Waals surface area contributed by atoms with E-state index >= 15 is 0 Å². The van der Waals surface area contributed by atoms with Crippen LogP contribution in [0, 0.1) is 5.82 Å². The van der Waals surface area contributed by atoms with Crippen LogP contribution in [0.15, 0.2) is 33.3 Å². The molecule has 114 valence electrons. The lowest BCUT2D eigenvalue weighted by molar-refractivity contribution is 0.577.